The van der Waals surface area contributed by atoms with Gasteiger partial charge in [0.25, 0.3) is 5.91 Å². The Morgan fingerprint density at radius 1 is 0.895 bits per heavy atom. The average Bonchev–Trinajstić information content (AvgIpc) is 2.48. The van der Waals surface area contributed by atoms with Gasteiger partial charge in [0.1, 0.15) is 0 Å². The number of carbonyl (C=O) groups excluding carboxylic acids is 1. The van der Waals surface area contributed by atoms with Crippen molar-refractivity contribution in [2.75, 3.05) is 5.32 Å². The maximum Gasteiger partial charge on any atom is 0.255 e. The molecular weight excluding hydrogens is 238 g/mol. The van der Waals surface area contributed by atoms with E-state index in [-0.39, 0.29) is 5.91 Å². The molecule has 0 fully saturated rings. The van der Waals surface area contributed by atoms with Crippen LogP contribution in [-0.4, -0.2) is 16.1 Å². The zero-order chi connectivity index (χ0) is 13.1. The number of amides is 1. The van der Waals surface area contributed by atoms with E-state index in [9.17, 15) is 4.79 Å². The summed E-state index contributed by atoms with van der Waals surface area (Å²) < 4.78 is 0. The van der Waals surface area contributed by atoms with Crippen molar-refractivity contribution in [3.05, 3.63) is 66.5 Å². The van der Waals surface area contributed by atoms with Crippen LogP contribution in [0.2, 0.25) is 0 Å². The first kappa shape index (κ1) is 11.3. The van der Waals surface area contributed by atoms with E-state index in [2.05, 4.69) is 15.5 Å². The van der Waals surface area contributed by atoms with Crippen molar-refractivity contribution in [1.29, 1.82) is 0 Å². The lowest BCUT2D eigenvalue weighted by Gasteiger charge is -2.05. The van der Waals surface area contributed by atoms with Crippen LogP contribution in [-0.2, 0) is 0 Å². The molecule has 4 heteroatoms. The summed E-state index contributed by atoms with van der Waals surface area (Å²) in [5.74, 6) is -0.134. The van der Waals surface area contributed by atoms with E-state index in [1.165, 1.54) is 0 Å². The van der Waals surface area contributed by atoms with E-state index in [0.29, 0.717) is 5.56 Å². The molecule has 19 heavy (non-hydrogen) atoms. The lowest BCUT2D eigenvalue weighted by atomic mass is 10.1. The van der Waals surface area contributed by atoms with Crippen LogP contribution in [0, 0.1) is 0 Å². The fourth-order valence-electron chi connectivity index (χ4n) is 1.86. The molecule has 0 saturated carbocycles. The van der Waals surface area contributed by atoms with E-state index in [1.807, 2.05) is 42.5 Å². The summed E-state index contributed by atoms with van der Waals surface area (Å²) in [5.41, 5.74) is 1.38. The smallest absolute Gasteiger partial charge is 0.255 e. The number of rotatable bonds is 2. The van der Waals surface area contributed by atoms with Crippen molar-refractivity contribution in [1.82, 2.24) is 10.2 Å². The van der Waals surface area contributed by atoms with Gasteiger partial charge in [0.15, 0.2) is 0 Å². The number of benzene rings is 2. The third kappa shape index (κ3) is 2.42. The second-order valence-electron chi connectivity index (χ2n) is 4.15. The van der Waals surface area contributed by atoms with Gasteiger partial charge in [0.2, 0.25) is 0 Å². The highest BCUT2D eigenvalue weighted by Gasteiger charge is 2.06. The Balaban J connectivity index is 1.89. The number of para-hydroxylation sites is 1. The van der Waals surface area contributed by atoms with Crippen LogP contribution in [0.1, 0.15) is 10.4 Å². The topological polar surface area (TPSA) is 54.9 Å². The van der Waals surface area contributed by atoms with E-state index in [0.717, 1.165) is 16.5 Å². The summed E-state index contributed by atoms with van der Waals surface area (Å²) in [4.78, 5) is 12.1. The standard InChI is InChI=1S/C15H11N3O/c19-15(18-14-4-2-1-3-5-14)11-6-7-12-9-16-17-10-13(12)8-11/h1-10H,(H,18,19). The van der Waals surface area contributed by atoms with Gasteiger partial charge in [-0.05, 0) is 24.3 Å². The Morgan fingerprint density at radius 3 is 2.42 bits per heavy atom. The number of hydrogen-bond donors (Lipinski definition) is 1. The van der Waals surface area contributed by atoms with Crippen molar-refractivity contribution in [2.24, 2.45) is 0 Å². The molecule has 0 aliphatic carbocycles. The second kappa shape index (κ2) is 4.86. The van der Waals surface area contributed by atoms with E-state index >= 15 is 0 Å². The number of aromatic nitrogens is 2. The molecule has 0 radical (unpaired) electrons. The van der Waals surface area contributed by atoms with Gasteiger partial charge in [-0.2, -0.15) is 10.2 Å². The molecule has 1 aromatic heterocycles. The van der Waals surface area contributed by atoms with E-state index in [4.69, 9.17) is 0 Å². The molecule has 92 valence electrons. The molecule has 0 saturated heterocycles. The summed E-state index contributed by atoms with van der Waals surface area (Å²) in [6.07, 6.45) is 3.32. The maximum absolute atomic E-state index is 12.1. The van der Waals surface area contributed by atoms with Crippen molar-refractivity contribution >= 4 is 22.4 Å². The summed E-state index contributed by atoms with van der Waals surface area (Å²) in [6.45, 7) is 0. The van der Waals surface area contributed by atoms with Crippen LogP contribution in [0.3, 0.4) is 0 Å². The lowest BCUT2D eigenvalue weighted by Crippen LogP contribution is -2.11. The van der Waals surface area contributed by atoms with Crippen molar-refractivity contribution in [3.8, 4) is 0 Å². The molecule has 1 amide bonds. The largest absolute Gasteiger partial charge is 0.322 e. The molecule has 0 aliphatic heterocycles. The molecular formula is C15H11N3O. The van der Waals surface area contributed by atoms with Gasteiger partial charge in [-0.25, -0.2) is 0 Å². The van der Waals surface area contributed by atoms with Gasteiger partial charge in [-0.15, -0.1) is 0 Å². The number of nitrogens with zero attached hydrogens (tertiary/aromatic N) is 2. The Hall–Kier alpha value is -2.75. The van der Waals surface area contributed by atoms with Gasteiger partial charge in [-0.3, -0.25) is 4.79 Å². The Bertz CT molecular complexity index is 726. The highest BCUT2D eigenvalue weighted by atomic mass is 16.1. The van der Waals surface area contributed by atoms with Crippen LogP contribution in [0.15, 0.2) is 60.9 Å². The van der Waals surface area contributed by atoms with Crippen molar-refractivity contribution in [3.63, 3.8) is 0 Å². The summed E-state index contributed by atoms with van der Waals surface area (Å²) >= 11 is 0. The SMILES string of the molecule is O=C(Nc1ccccc1)c1ccc2cnncc2c1. The molecule has 0 bridgehead atoms. The van der Waals surface area contributed by atoms with E-state index < -0.39 is 0 Å². The van der Waals surface area contributed by atoms with Crippen molar-refractivity contribution < 1.29 is 4.79 Å². The summed E-state index contributed by atoms with van der Waals surface area (Å²) in [5, 5.41) is 12.3. The molecule has 4 nitrogen and oxygen atoms in total. The van der Waals surface area contributed by atoms with E-state index in [1.54, 1.807) is 18.5 Å². The second-order valence-corrected chi connectivity index (χ2v) is 4.15. The van der Waals surface area contributed by atoms with Gasteiger partial charge in [-0.1, -0.05) is 24.3 Å². The Labute approximate surface area is 110 Å². The van der Waals surface area contributed by atoms with Crippen LogP contribution in [0.4, 0.5) is 5.69 Å². The fraction of sp³-hybridized carbons (Fsp3) is 0. The van der Waals surface area contributed by atoms with Gasteiger partial charge >= 0.3 is 0 Å². The highest BCUT2D eigenvalue weighted by molar-refractivity contribution is 6.06. The predicted molar refractivity (Wildman–Crippen MR) is 73.9 cm³/mol. The first-order valence-electron chi connectivity index (χ1n) is 5.90. The predicted octanol–water partition coefficient (Wildman–Crippen LogP) is 2.88. The monoisotopic (exact) mass is 249 g/mol. The minimum absolute atomic E-state index is 0.134. The number of fused-ring (bicyclic) bond motifs is 1. The quantitative estimate of drug-likeness (QED) is 0.759. The Kier molecular flexibility index (Phi) is 2.90. The number of anilines is 1. The maximum atomic E-state index is 12.1. The molecule has 3 aromatic rings. The Morgan fingerprint density at radius 2 is 1.63 bits per heavy atom. The molecule has 3 rings (SSSR count). The zero-order valence-corrected chi connectivity index (χ0v) is 10.1. The molecule has 0 spiro atoms. The molecule has 0 aliphatic rings. The van der Waals surface area contributed by atoms with Crippen LogP contribution >= 0.6 is 0 Å². The first-order valence-corrected chi connectivity index (χ1v) is 5.90. The van der Waals surface area contributed by atoms with Gasteiger partial charge in [0.05, 0.1) is 12.4 Å². The van der Waals surface area contributed by atoms with Gasteiger partial charge < -0.3 is 5.32 Å². The molecule has 1 heterocycles. The summed E-state index contributed by atoms with van der Waals surface area (Å²) in [7, 11) is 0. The third-order valence-electron chi connectivity index (χ3n) is 2.84. The fourth-order valence-corrected chi connectivity index (χ4v) is 1.86. The lowest BCUT2D eigenvalue weighted by molar-refractivity contribution is 0.102. The first-order chi connectivity index (χ1) is 9.33. The molecule has 2 aromatic carbocycles. The third-order valence-corrected chi connectivity index (χ3v) is 2.84. The molecule has 0 unspecified atom stereocenters. The van der Waals surface area contributed by atoms with Gasteiger partial charge in [0, 0.05) is 22.0 Å². The minimum Gasteiger partial charge on any atom is -0.322 e. The highest BCUT2D eigenvalue weighted by Crippen LogP contribution is 2.15. The van der Waals surface area contributed by atoms with Crippen LogP contribution < -0.4 is 5.32 Å². The molecule has 0 atom stereocenters. The number of carbonyl (C=O) groups is 1. The van der Waals surface area contributed by atoms with Crippen molar-refractivity contribution in [2.45, 2.75) is 0 Å². The minimum atomic E-state index is -0.134. The number of hydrogen-bond acceptors (Lipinski definition) is 3. The number of nitrogens with one attached hydrogen (secondary N) is 1. The average molecular weight is 249 g/mol. The van der Waals surface area contributed by atoms with Crippen LogP contribution in [0.5, 0.6) is 0 Å². The van der Waals surface area contributed by atoms with Crippen LogP contribution in [0.25, 0.3) is 10.8 Å². The molecule has 1 N–H and O–H groups in total. The summed E-state index contributed by atoms with van der Waals surface area (Å²) in [6, 6.07) is 14.8. The normalized spacial score (nSPS) is 10.3. The zero-order valence-electron chi connectivity index (χ0n) is 10.1.